The smallest absolute Gasteiger partial charge is 0.309 e. The fourth-order valence-electron chi connectivity index (χ4n) is 1.32. The number of carbonyl (C=O) groups is 1. The van der Waals surface area contributed by atoms with Crippen LogP contribution in [0.15, 0.2) is 12.7 Å². The Morgan fingerprint density at radius 2 is 1.80 bits per heavy atom. The summed E-state index contributed by atoms with van der Waals surface area (Å²) in [5, 5.41) is 8.87. The summed E-state index contributed by atoms with van der Waals surface area (Å²) in [6, 6.07) is 0. The van der Waals surface area contributed by atoms with E-state index in [4.69, 9.17) is 5.11 Å². The molecular formula is C12H24O2S. The Kier molecular flexibility index (Phi) is 10.00. The van der Waals surface area contributed by atoms with Crippen LogP contribution in [0, 0.1) is 5.41 Å². The van der Waals surface area contributed by atoms with E-state index in [0.29, 0.717) is 0 Å². The minimum absolute atomic E-state index is 0. The van der Waals surface area contributed by atoms with Gasteiger partial charge in [0.2, 0.25) is 0 Å². The molecule has 0 aliphatic rings. The van der Waals surface area contributed by atoms with E-state index in [1.54, 1.807) is 13.8 Å². The van der Waals surface area contributed by atoms with Gasteiger partial charge in [-0.1, -0.05) is 25.3 Å². The van der Waals surface area contributed by atoms with Gasteiger partial charge in [-0.25, -0.2) is 0 Å². The van der Waals surface area contributed by atoms with E-state index in [1.807, 2.05) is 6.08 Å². The Labute approximate surface area is 100 Å². The summed E-state index contributed by atoms with van der Waals surface area (Å²) in [4.78, 5) is 10.8. The standard InChI is InChI=1S/C12H22O2.H2S/c1-4-5-6-7-8-9-10-12(2,3)11(13)14;/h4H,1,5-10H2,2-3H3,(H,13,14);1H2. The summed E-state index contributed by atoms with van der Waals surface area (Å²) in [6.07, 6.45) is 8.28. The lowest BCUT2D eigenvalue weighted by atomic mass is 9.87. The molecule has 0 heterocycles. The Morgan fingerprint density at radius 3 is 2.27 bits per heavy atom. The van der Waals surface area contributed by atoms with Gasteiger partial charge in [-0.3, -0.25) is 4.79 Å². The number of carboxylic acids is 1. The number of aliphatic carboxylic acids is 1. The average Bonchev–Trinajstić information content (AvgIpc) is 2.10. The zero-order valence-corrected chi connectivity index (χ0v) is 10.9. The van der Waals surface area contributed by atoms with E-state index in [-0.39, 0.29) is 13.5 Å². The minimum Gasteiger partial charge on any atom is -0.481 e. The first kappa shape index (κ1) is 17.0. The fraction of sp³-hybridized carbons (Fsp3) is 0.750. The first-order chi connectivity index (χ1) is 6.50. The van der Waals surface area contributed by atoms with Crippen molar-refractivity contribution in [1.82, 2.24) is 0 Å². The molecule has 0 fully saturated rings. The second kappa shape index (κ2) is 8.84. The molecule has 0 saturated heterocycles. The van der Waals surface area contributed by atoms with Gasteiger partial charge < -0.3 is 5.11 Å². The number of carboxylic acid groups (broad SMARTS) is 1. The molecule has 0 aromatic rings. The molecule has 0 radical (unpaired) electrons. The van der Waals surface area contributed by atoms with Crippen molar-refractivity contribution in [2.24, 2.45) is 5.41 Å². The largest absolute Gasteiger partial charge is 0.481 e. The third-order valence-electron chi connectivity index (χ3n) is 2.54. The zero-order chi connectivity index (χ0) is 11.0. The van der Waals surface area contributed by atoms with Crippen molar-refractivity contribution in [1.29, 1.82) is 0 Å². The summed E-state index contributed by atoms with van der Waals surface area (Å²) < 4.78 is 0. The van der Waals surface area contributed by atoms with Crippen LogP contribution in [-0.4, -0.2) is 11.1 Å². The van der Waals surface area contributed by atoms with Crippen molar-refractivity contribution < 1.29 is 9.90 Å². The second-order valence-corrected chi connectivity index (χ2v) is 4.43. The molecule has 3 heteroatoms. The first-order valence-electron chi connectivity index (χ1n) is 5.35. The second-order valence-electron chi connectivity index (χ2n) is 4.43. The maximum absolute atomic E-state index is 10.8. The van der Waals surface area contributed by atoms with Crippen LogP contribution in [-0.2, 0) is 4.79 Å². The van der Waals surface area contributed by atoms with E-state index in [1.165, 1.54) is 12.8 Å². The van der Waals surface area contributed by atoms with E-state index >= 15 is 0 Å². The van der Waals surface area contributed by atoms with E-state index in [9.17, 15) is 4.79 Å². The van der Waals surface area contributed by atoms with Crippen LogP contribution in [0.1, 0.15) is 52.4 Å². The fourth-order valence-corrected chi connectivity index (χ4v) is 1.32. The molecule has 0 bridgehead atoms. The van der Waals surface area contributed by atoms with Gasteiger partial charge in [0.25, 0.3) is 0 Å². The summed E-state index contributed by atoms with van der Waals surface area (Å²) >= 11 is 0. The summed E-state index contributed by atoms with van der Waals surface area (Å²) in [5.41, 5.74) is -0.557. The van der Waals surface area contributed by atoms with Crippen molar-refractivity contribution in [2.45, 2.75) is 52.4 Å². The van der Waals surface area contributed by atoms with Crippen LogP contribution in [0.2, 0.25) is 0 Å². The molecule has 0 aromatic carbocycles. The van der Waals surface area contributed by atoms with Crippen molar-refractivity contribution in [3.8, 4) is 0 Å². The molecule has 2 nitrogen and oxygen atoms in total. The maximum Gasteiger partial charge on any atom is 0.309 e. The van der Waals surface area contributed by atoms with Crippen molar-refractivity contribution in [3.63, 3.8) is 0 Å². The molecular weight excluding hydrogens is 208 g/mol. The highest BCUT2D eigenvalue weighted by Crippen LogP contribution is 2.24. The van der Waals surface area contributed by atoms with Crippen molar-refractivity contribution >= 4 is 19.5 Å². The number of hydrogen-bond donors (Lipinski definition) is 1. The number of rotatable bonds is 8. The molecule has 0 amide bonds. The molecule has 0 saturated carbocycles. The monoisotopic (exact) mass is 232 g/mol. The Balaban J connectivity index is 0. The molecule has 15 heavy (non-hydrogen) atoms. The average molecular weight is 232 g/mol. The van der Waals surface area contributed by atoms with Gasteiger partial charge in [-0.05, 0) is 33.1 Å². The van der Waals surface area contributed by atoms with Crippen LogP contribution in [0.25, 0.3) is 0 Å². The minimum atomic E-state index is -0.691. The van der Waals surface area contributed by atoms with E-state index in [2.05, 4.69) is 6.58 Å². The molecule has 0 atom stereocenters. The topological polar surface area (TPSA) is 37.3 Å². The normalized spacial score (nSPS) is 10.5. The molecule has 0 aliphatic carbocycles. The first-order valence-corrected chi connectivity index (χ1v) is 5.35. The van der Waals surface area contributed by atoms with Crippen LogP contribution >= 0.6 is 13.5 Å². The molecule has 0 rings (SSSR count). The van der Waals surface area contributed by atoms with Gasteiger partial charge in [0.15, 0.2) is 0 Å². The van der Waals surface area contributed by atoms with Crippen LogP contribution in [0.3, 0.4) is 0 Å². The predicted molar refractivity (Wildman–Crippen MR) is 69.7 cm³/mol. The summed E-state index contributed by atoms with van der Waals surface area (Å²) in [5.74, 6) is -0.691. The van der Waals surface area contributed by atoms with E-state index in [0.717, 1.165) is 25.7 Å². The van der Waals surface area contributed by atoms with Gasteiger partial charge in [-0.2, -0.15) is 13.5 Å². The van der Waals surface area contributed by atoms with Gasteiger partial charge in [0.1, 0.15) is 0 Å². The quantitative estimate of drug-likeness (QED) is 0.511. The summed E-state index contributed by atoms with van der Waals surface area (Å²) in [6.45, 7) is 7.24. The predicted octanol–water partition coefficient (Wildman–Crippen LogP) is 3.74. The number of hydrogen-bond acceptors (Lipinski definition) is 1. The highest BCUT2D eigenvalue weighted by molar-refractivity contribution is 7.59. The van der Waals surface area contributed by atoms with Crippen LogP contribution < -0.4 is 0 Å². The molecule has 0 aliphatic heterocycles. The number of unbranched alkanes of at least 4 members (excludes halogenated alkanes) is 4. The van der Waals surface area contributed by atoms with Gasteiger partial charge in [0, 0.05) is 0 Å². The zero-order valence-electron chi connectivity index (χ0n) is 9.88. The Bertz CT molecular complexity index is 188. The van der Waals surface area contributed by atoms with Gasteiger partial charge in [-0.15, -0.1) is 6.58 Å². The third-order valence-corrected chi connectivity index (χ3v) is 2.54. The SMILES string of the molecule is C=CCCCCCCC(C)(C)C(=O)O.S. The Morgan fingerprint density at radius 1 is 1.27 bits per heavy atom. The van der Waals surface area contributed by atoms with E-state index < -0.39 is 11.4 Å². The molecule has 0 aromatic heterocycles. The van der Waals surface area contributed by atoms with Crippen LogP contribution in [0.5, 0.6) is 0 Å². The molecule has 0 unspecified atom stereocenters. The maximum atomic E-state index is 10.8. The van der Waals surface area contributed by atoms with Gasteiger partial charge >= 0.3 is 5.97 Å². The van der Waals surface area contributed by atoms with Gasteiger partial charge in [0.05, 0.1) is 5.41 Å². The Hall–Kier alpha value is -0.440. The molecule has 1 N–H and O–H groups in total. The third kappa shape index (κ3) is 8.55. The molecule has 90 valence electrons. The van der Waals surface area contributed by atoms with Crippen molar-refractivity contribution in [3.05, 3.63) is 12.7 Å². The lowest BCUT2D eigenvalue weighted by molar-refractivity contribution is -0.147. The summed E-state index contributed by atoms with van der Waals surface area (Å²) in [7, 11) is 0. The lowest BCUT2D eigenvalue weighted by Gasteiger charge is -2.18. The number of allylic oxidation sites excluding steroid dienone is 1. The highest BCUT2D eigenvalue weighted by Gasteiger charge is 2.25. The van der Waals surface area contributed by atoms with Crippen LogP contribution in [0.4, 0.5) is 0 Å². The molecule has 0 spiro atoms. The van der Waals surface area contributed by atoms with Crippen molar-refractivity contribution in [2.75, 3.05) is 0 Å². The lowest BCUT2D eigenvalue weighted by Crippen LogP contribution is -2.23. The highest BCUT2D eigenvalue weighted by atomic mass is 32.1.